The van der Waals surface area contributed by atoms with Gasteiger partial charge in [0.15, 0.2) is 11.5 Å². The molecule has 9 nitrogen and oxygen atoms in total. The molecule has 0 saturated heterocycles. The van der Waals surface area contributed by atoms with E-state index in [9.17, 15) is 18.4 Å². The van der Waals surface area contributed by atoms with Crippen molar-refractivity contribution in [2.75, 3.05) is 11.4 Å². The number of carbonyl (C=O) groups excluding carboxylic acids is 1. The average molecular weight is 479 g/mol. The summed E-state index contributed by atoms with van der Waals surface area (Å²) in [4.78, 5) is 27.8. The molecule has 0 spiro atoms. The highest BCUT2D eigenvalue weighted by atomic mass is 19.3. The number of carbonyl (C=O) groups is 1. The molecule has 1 aliphatic rings. The van der Waals surface area contributed by atoms with E-state index < -0.39 is 17.8 Å². The van der Waals surface area contributed by atoms with Crippen LogP contribution >= 0.6 is 0 Å². The van der Waals surface area contributed by atoms with Crippen molar-refractivity contribution in [1.29, 1.82) is 5.26 Å². The fourth-order valence-electron chi connectivity index (χ4n) is 4.33. The van der Waals surface area contributed by atoms with E-state index in [-0.39, 0.29) is 31.0 Å². The molecule has 0 saturated carbocycles. The lowest BCUT2D eigenvalue weighted by molar-refractivity contribution is -0.286. The zero-order valence-corrected chi connectivity index (χ0v) is 18.6. The molecule has 1 amide bonds. The number of benzene rings is 2. The Morgan fingerprint density at radius 3 is 2.71 bits per heavy atom. The number of hydrogen-bond acceptors (Lipinski definition) is 6. The Kier molecular flexibility index (Phi) is 5.36. The summed E-state index contributed by atoms with van der Waals surface area (Å²) in [5.41, 5.74) is 1.26. The fraction of sp³-hybridized carbons (Fsp3) is 0.250. The van der Waals surface area contributed by atoms with Gasteiger partial charge in [0.1, 0.15) is 6.54 Å². The van der Waals surface area contributed by atoms with Crippen LogP contribution in [0.5, 0.6) is 11.5 Å². The lowest BCUT2D eigenvalue weighted by Crippen LogP contribution is -2.37. The minimum Gasteiger partial charge on any atom is -0.395 e. The molecule has 2 aromatic carbocycles. The van der Waals surface area contributed by atoms with Gasteiger partial charge >= 0.3 is 6.29 Å². The van der Waals surface area contributed by atoms with Crippen molar-refractivity contribution >= 4 is 33.4 Å². The summed E-state index contributed by atoms with van der Waals surface area (Å²) in [6.07, 6.45) is -1.98. The van der Waals surface area contributed by atoms with Gasteiger partial charge in [0.25, 0.3) is 5.56 Å². The van der Waals surface area contributed by atoms with Gasteiger partial charge in [-0.2, -0.15) is 10.4 Å². The molecule has 5 rings (SSSR count). The number of likely N-dealkylation sites (N-methyl/N-ethyl adjacent to an activating group) is 1. The molecule has 35 heavy (non-hydrogen) atoms. The second kappa shape index (κ2) is 8.39. The molecule has 3 heterocycles. The highest BCUT2D eigenvalue weighted by Crippen LogP contribution is 2.42. The third kappa shape index (κ3) is 3.82. The predicted molar refractivity (Wildman–Crippen MR) is 122 cm³/mol. The van der Waals surface area contributed by atoms with Gasteiger partial charge in [0.2, 0.25) is 5.91 Å². The Bertz CT molecular complexity index is 1570. The van der Waals surface area contributed by atoms with Crippen LogP contribution in [0.3, 0.4) is 0 Å². The number of aromatic nitrogens is 3. The van der Waals surface area contributed by atoms with E-state index in [0.717, 1.165) is 10.2 Å². The van der Waals surface area contributed by atoms with Gasteiger partial charge in [0.05, 0.1) is 29.6 Å². The molecule has 1 aliphatic heterocycles. The Hall–Kier alpha value is -4.46. The number of rotatable bonds is 6. The lowest BCUT2D eigenvalue weighted by Gasteiger charge is -2.21. The number of aryl methyl sites for hydroxylation is 1. The highest BCUT2D eigenvalue weighted by molar-refractivity contribution is 6.07. The summed E-state index contributed by atoms with van der Waals surface area (Å²) in [6, 6.07) is 13.5. The van der Waals surface area contributed by atoms with E-state index in [4.69, 9.17) is 5.26 Å². The lowest BCUT2D eigenvalue weighted by atomic mass is 10.2. The molecule has 0 fully saturated rings. The quantitative estimate of drug-likeness (QED) is 0.418. The van der Waals surface area contributed by atoms with E-state index >= 15 is 0 Å². The van der Waals surface area contributed by atoms with Crippen LogP contribution in [0, 0.1) is 11.3 Å². The van der Waals surface area contributed by atoms with Gasteiger partial charge in [-0.3, -0.25) is 9.59 Å². The van der Waals surface area contributed by atoms with Crippen LogP contribution in [-0.4, -0.2) is 33.1 Å². The first-order chi connectivity index (χ1) is 16.8. The van der Waals surface area contributed by atoms with Gasteiger partial charge in [-0.1, -0.05) is 18.2 Å². The zero-order chi connectivity index (χ0) is 24.7. The third-order valence-electron chi connectivity index (χ3n) is 5.82. The summed E-state index contributed by atoms with van der Waals surface area (Å²) < 4.78 is 38.6. The molecular weight excluding hydrogens is 460 g/mol. The molecule has 0 bridgehead atoms. The Labute approximate surface area is 197 Å². The predicted octanol–water partition coefficient (Wildman–Crippen LogP) is 3.64. The molecule has 2 aromatic heterocycles. The number of nitrogens with zero attached hydrogens (tertiary/aromatic N) is 5. The first-order valence-electron chi connectivity index (χ1n) is 10.9. The van der Waals surface area contributed by atoms with Gasteiger partial charge in [0, 0.05) is 35.7 Å². The molecule has 4 aromatic rings. The summed E-state index contributed by atoms with van der Waals surface area (Å²) in [5, 5.41) is 14.3. The Morgan fingerprint density at radius 2 is 1.94 bits per heavy atom. The SMILES string of the molecule is CCN(C(=O)Cn1ncc2c(c1=O)c1ccccc1n2CCC#N)c1ccc2c(c1)OC(F)(F)O2. The fourth-order valence-corrected chi connectivity index (χ4v) is 4.33. The number of amides is 1. The number of hydrogen-bond donors (Lipinski definition) is 0. The molecule has 178 valence electrons. The summed E-state index contributed by atoms with van der Waals surface area (Å²) in [6.45, 7) is 1.99. The van der Waals surface area contributed by atoms with Crippen molar-refractivity contribution in [3.05, 3.63) is 59.0 Å². The van der Waals surface area contributed by atoms with Crippen LogP contribution in [-0.2, 0) is 17.9 Å². The standard InChI is InChI=1S/C24H19F2N5O4/c1-2-29(15-8-9-19-20(12-15)35-24(25,26)34-19)21(32)14-31-23(33)22-16-6-3-4-7-17(16)30(11-5-10-27)18(22)13-28-31/h3-4,6-9,12-13H,2,5,11,14H2,1H3. The van der Waals surface area contributed by atoms with E-state index in [1.165, 1.54) is 29.3 Å². The van der Waals surface area contributed by atoms with Crippen molar-refractivity contribution in [3.8, 4) is 17.6 Å². The summed E-state index contributed by atoms with van der Waals surface area (Å²) in [5.74, 6) is -0.765. The van der Waals surface area contributed by atoms with Gasteiger partial charge in [-0.25, -0.2) is 4.68 Å². The molecule has 0 radical (unpaired) electrons. The van der Waals surface area contributed by atoms with Gasteiger partial charge < -0.3 is 18.9 Å². The minimum absolute atomic E-state index is 0.127. The Balaban J connectivity index is 1.49. The van der Waals surface area contributed by atoms with E-state index in [1.807, 2.05) is 28.8 Å². The molecule has 0 aliphatic carbocycles. The summed E-state index contributed by atoms with van der Waals surface area (Å²) >= 11 is 0. The Morgan fingerprint density at radius 1 is 1.17 bits per heavy atom. The van der Waals surface area contributed by atoms with Gasteiger partial charge in [-0.15, -0.1) is 8.78 Å². The maximum Gasteiger partial charge on any atom is 0.586 e. The summed E-state index contributed by atoms with van der Waals surface area (Å²) in [7, 11) is 0. The topological polar surface area (TPSA) is 102 Å². The maximum absolute atomic E-state index is 13.4. The smallest absolute Gasteiger partial charge is 0.395 e. The van der Waals surface area contributed by atoms with Crippen LogP contribution in [0.15, 0.2) is 53.5 Å². The molecule has 0 atom stereocenters. The van der Waals surface area contributed by atoms with Crippen molar-refractivity contribution in [2.45, 2.75) is 32.7 Å². The van der Waals surface area contributed by atoms with E-state index in [0.29, 0.717) is 28.5 Å². The van der Waals surface area contributed by atoms with E-state index in [1.54, 1.807) is 6.92 Å². The number of halogens is 2. The monoisotopic (exact) mass is 479 g/mol. The number of anilines is 1. The second-order valence-corrected chi connectivity index (χ2v) is 7.88. The maximum atomic E-state index is 13.4. The van der Waals surface area contributed by atoms with Crippen molar-refractivity contribution in [1.82, 2.24) is 14.3 Å². The molecular formula is C24H19F2N5O4. The van der Waals surface area contributed by atoms with E-state index in [2.05, 4.69) is 20.6 Å². The van der Waals surface area contributed by atoms with Crippen molar-refractivity contribution in [3.63, 3.8) is 0 Å². The molecule has 0 unspecified atom stereocenters. The minimum atomic E-state index is -3.76. The van der Waals surface area contributed by atoms with Gasteiger partial charge in [-0.05, 0) is 25.1 Å². The molecule has 0 N–H and O–H groups in total. The van der Waals surface area contributed by atoms with Crippen molar-refractivity contribution in [2.24, 2.45) is 0 Å². The number of fused-ring (bicyclic) bond motifs is 4. The normalized spacial score (nSPS) is 13.8. The first kappa shape index (κ1) is 22.3. The zero-order valence-electron chi connectivity index (χ0n) is 18.6. The number of nitriles is 1. The highest BCUT2D eigenvalue weighted by Gasteiger charge is 2.43. The van der Waals surface area contributed by atoms with Crippen LogP contribution < -0.4 is 19.9 Å². The van der Waals surface area contributed by atoms with Crippen LogP contribution in [0.4, 0.5) is 14.5 Å². The van der Waals surface area contributed by atoms with Crippen molar-refractivity contribution < 1.29 is 23.0 Å². The average Bonchev–Trinajstić information content (AvgIpc) is 3.32. The van der Waals surface area contributed by atoms with Crippen LogP contribution in [0.25, 0.3) is 21.8 Å². The first-order valence-corrected chi connectivity index (χ1v) is 10.9. The van der Waals surface area contributed by atoms with Crippen LogP contribution in [0.1, 0.15) is 13.3 Å². The second-order valence-electron chi connectivity index (χ2n) is 7.88. The number of ether oxygens (including phenoxy) is 2. The third-order valence-corrected chi connectivity index (χ3v) is 5.82. The number of alkyl halides is 2. The molecule has 11 heteroatoms. The largest absolute Gasteiger partial charge is 0.586 e. The number of para-hydroxylation sites is 1. The van der Waals surface area contributed by atoms with Crippen LogP contribution in [0.2, 0.25) is 0 Å².